The third-order valence-electron chi connectivity index (χ3n) is 3.20. The van der Waals surface area contributed by atoms with Crippen molar-refractivity contribution in [1.29, 1.82) is 0 Å². The molecule has 0 saturated heterocycles. The molecule has 0 heterocycles. The van der Waals surface area contributed by atoms with Crippen LogP contribution in [-0.4, -0.2) is 31.0 Å². The van der Waals surface area contributed by atoms with Crippen molar-refractivity contribution in [3.8, 4) is 5.75 Å². The predicted octanol–water partition coefficient (Wildman–Crippen LogP) is 2.23. The van der Waals surface area contributed by atoms with Crippen molar-refractivity contribution in [2.75, 3.05) is 0 Å². The summed E-state index contributed by atoms with van der Waals surface area (Å²) in [4.78, 5) is -2.28. The Labute approximate surface area is 144 Å². The molecule has 11 heteroatoms. The molecule has 134 valence electrons. The van der Waals surface area contributed by atoms with Crippen molar-refractivity contribution < 1.29 is 31.0 Å². The van der Waals surface area contributed by atoms with E-state index in [4.69, 9.17) is 0 Å². The van der Waals surface area contributed by atoms with Crippen molar-refractivity contribution in [3.63, 3.8) is 0 Å². The van der Waals surface area contributed by atoms with Crippen molar-refractivity contribution >= 4 is 31.6 Å². The number of aromatic hydroxyl groups is 1. The van der Waals surface area contributed by atoms with Gasteiger partial charge < -0.3 is 14.2 Å². The molecule has 0 aliphatic heterocycles. The number of nitrogens with zero attached hydrogens (tertiary/aromatic N) is 2. The molecule has 0 atom stereocenters. The minimum Gasteiger partial charge on any atom is -0.744 e. The standard InChI is InChI=1S/C14H14N2O7S2/c1-8-3-4-11(9(2)5-8)15-16-12-6-10(24(18,19)20)7-13(14(12)17)25(21,22)23/h3-7,17H,1-2H3,(H,18,19,20)(H,21,22,23)/p-2. The summed E-state index contributed by atoms with van der Waals surface area (Å²) in [6.45, 7) is 3.58. The maximum absolute atomic E-state index is 11.2. The monoisotopic (exact) mass is 384 g/mol. The fourth-order valence-corrected chi connectivity index (χ4v) is 3.21. The second kappa shape index (κ2) is 6.52. The molecule has 2 aromatic carbocycles. The van der Waals surface area contributed by atoms with Gasteiger partial charge in [0.05, 0.1) is 15.5 Å². The van der Waals surface area contributed by atoms with E-state index in [-0.39, 0.29) is 6.07 Å². The van der Waals surface area contributed by atoms with Crippen molar-refractivity contribution in [3.05, 3.63) is 41.5 Å². The van der Waals surface area contributed by atoms with Crippen LogP contribution in [-0.2, 0) is 20.2 Å². The van der Waals surface area contributed by atoms with Crippen molar-refractivity contribution in [1.82, 2.24) is 0 Å². The van der Waals surface area contributed by atoms with Gasteiger partial charge in [-0.25, -0.2) is 16.8 Å². The summed E-state index contributed by atoms with van der Waals surface area (Å²) in [6, 6.07) is 6.05. The third-order valence-corrected chi connectivity index (χ3v) is 4.87. The molecule has 25 heavy (non-hydrogen) atoms. The molecule has 0 radical (unpaired) electrons. The Balaban J connectivity index is 2.66. The van der Waals surface area contributed by atoms with Gasteiger partial charge in [-0.3, -0.25) is 0 Å². The van der Waals surface area contributed by atoms with Gasteiger partial charge in [-0.2, -0.15) is 5.11 Å². The summed E-state index contributed by atoms with van der Waals surface area (Å²) in [7, 11) is -10.3. The van der Waals surface area contributed by atoms with Crippen LogP contribution in [0.1, 0.15) is 11.1 Å². The van der Waals surface area contributed by atoms with Crippen LogP contribution in [0.5, 0.6) is 5.75 Å². The summed E-state index contributed by atoms with van der Waals surface area (Å²) in [5, 5.41) is 17.3. The Kier molecular flexibility index (Phi) is 4.95. The number of aryl methyl sites for hydroxylation is 2. The lowest BCUT2D eigenvalue weighted by Gasteiger charge is -2.14. The highest BCUT2D eigenvalue weighted by Gasteiger charge is 2.17. The SMILES string of the molecule is Cc1ccc(N=Nc2cc(S(=O)(=O)[O-])cc(S(=O)(=O)[O-])c2O)c(C)c1. The van der Waals surface area contributed by atoms with Crippen LogP contribution >= 0.6 is 0 Å². The molecule has 0 unspecified atom stereocenters. The molecule has 0 saturated carbocycles. The predicted molar refractivity (Wildman–Crippen MR) is 84.1 cm³/mol. The first-order valence-corrected chi connectivity index (χ1v) is 9.49. The second-order valence-corrected chi connectivity index (χ2v) is 7.92. The Morgan fingerprint density at radius 2 is 1.48 bits per heavy atom. The molecule has 0 spiro atoms. The van der Waals surface area contributed by atoms with Crippen LogP contribution < -0.4 is 0 Å². The van der Waals surface area contributed by atoms with Gasteiger partial charge in [-0.15, -0.1) is 5.11 Å². The average molecular weight is 384 g/mol. The molecule has 2 rings (SSSR count). The molecule has 0 aliphatic carbocycles. The second-order valence-electron chi connectivity index (χ2n) is 5.19. The molecular weight excluding hydrogens is 372 g/mol. The molecule has 2 aromatic rings. The molecule has 0 amide bonds. The summed E-state index contributed by atoms with van der Waals surface area (Å²) in [5.74, 6) is -1.09. The lowest BCUT2D eigenvalue weighted by atomic mass is 10.1. The molecule has 0 aromatic heterocycles. The van der Waals surface area contributed by atoms with Gasteiger partial charge in [-0.05, 0) is 37.6 Å². The maximum Gasteiger partial charge on any atom is 0.160 e. The minimum atomic E-state index is -5.24. The highest BCUT2D eigenvalue weighted by Crippen LogP contribution is 2.37. The average Bonchev–Trinajstić information content (AvgIpc) is 2.45. The molecule has 1 N–H and O–H groups in total. The highest BCUT2D eigenvalue weighted by molar-refractivity contribution is 7.86. The zero-order valence-electron chi connectivity index (χ0n) is 13.0. The molecule has 0 aliphatic rings. The molecule has 0 fully saturated rings. The summed E-state index contributed by atoms with van der Waals surface area (Å²) in [6.07, 6.45) is 0. The van der Waals surface area contributed by atoms with Crippen molar-refractivity contribution in [2.45, 2.75) is 23.6 Å². The van der Waals surface area contributed by atoms with Gasteiger partial charge >= 0.3 is 0 Å². The number of hydrogen-bond donors (Lipinski definition) is 1. The number of rotatable bonds is 4. The van der Waals surface area contributed by atoms with Gasteiger partial charge in [0.1, 0.15) is 25.9 Å². The van der Waals surface area contributed by atoms with Gasteiger partial charge in [0.25, 0.3) is 0 Å². The largest absolute Gasteiger partial charge is 0.744 e. The van der Waals surface area contributed by atoms with Crippen LogP contribution in [0.3, 0.4) is 0 Å². The third kappa shape index (κ3) is 4.39. The van der Waals surface area contributed by atoms with E-state index in [9.17, 15) is 31.0 Å². The van der Waals surface area contributed by atoms with Crippen LogP contribution in [0.25, 0.3) is 0 Å². The normalized spacial score (nSPS) is 12.6. The fraction of sp³-hybridized carbons (Fsp3) is 0.143. The number of phenols is 1. The van der Waals surface area contributed by atoms with Crippen LogP contribution in [0.2, 0.25) is 0 Å². The first-order chi connectivity index (χ1) is 11.4. The number of hydrogen-bond acceptors (Lipinski definition) is 9. The zero-order valence-corrected chi connectivity index (χ0v) is 14.6. The summed E-state index contributed by atoms with van der Waals surface area (Å²) in [5.41, 5.74) is 1.41. The Morgan fingerprint density at radius 3 is 2.00 bits per heavy atom. The number of azo groups is 1. The van der Waals surface area contributed by atoms with Crippen LogP contribution in [0, 0.1) is 13.8 Å². The van der Waals surface area contributed by atoms with Gasteiger partial charge in [-0.1, -0.05) is 17.7 Å². The summed E-state index contributed by atoms with van der Waals surface area (Å²) < 4.78 is 66.9. The number of phenolic OH excluding ortho intramolecular Hbond substituents is 1. The quantitative estimate of drug-likeness (QED) is 0.624. The smallest absolute Gasteiger partial charge is 0.160 e. The number of benzene rings is 2. The Hall–Kier alpha value is -2.34. The maximum atomic E-state index is 11.2. The minimum absolute atomic E-state index is 0.288. The zero-order chi connectivity index (χ0) is 19.0. The highest BCUT2D eigenvalue weighted by atomic mass is 32.2. The van der Waals surface area contributed by atoms with E-state index >= 15 is 0 Å². The van der Waals surface area contributed by atoms with Gasteiger partial charge in [0, 0.05) is 0 Å². The lowest BCUT2D eigenvalue weighted by molar-refractivity contribution is 0.434. The van der Waals surface area contributed by atoms with Crippen LogP contribution in [0.4, 0.5) is 11.4 Å². The van der Waals surface area contributed by atoms with E-state index in [1.54, 1.807) is 25.1 Å². The van der Waals surface area contributed by atoms with Crippen LogP contribution in [0.15, 0.2) is 50.4 Å². The van der Waals surface area contributed by atoms with E-state index in [0.29, 0.717) is 17.3 Å². The molecular formula is C14H12N2O7S2-2. The van der Waals surface area contributed by atoms with E-state index in [2.05, 4.69) is 10.2 Å². The lowest BCUT2D eigenvalue weighted by Crippen LogP contribution is -2.04. The summed E-state index contributed by atoms with van der Waals surface area (Å²) >= 11 is 0. The fourth-order valence-electron chi connectivity index (χ4n) is 2.01. The first-order valence-electron chi connectivity index (χ1n) is 6.67. The van der Waals surface area contributed by atoms with E-state index < -0.39 is 41.5 Å². The van der Waals surface area contributed by atoms with Crippen molar-refractivity contribution in [2.24, 2.45) is 10.2 Å². The Morgan fingerprint density at radius 1 is 0.880 bits per heavy atom. The molecule has 0 bridgehead atoms. The van der Waals surface area contributed by atoms with E-state index in [1.807, 2.05) is 6.92 Å². The topological polar surface area (TPSA) is 159 Å². The van der Waals surface area contributed by atoms with Gasteiger partial charge in [0.15, 0.2) is 5.75 Å². The van der Waals surface area contributed by atoms with E-state index in [1.165, 1.54) is 0 Å². The molecule has 9 nitrogen and oxygen atoms in total. The Bertz CT molecular complexity index is 1070. The van der Waals surface area contributed by atoms with E-state index in [0.717, 1.165) is 5.56 Å². The van der Waals surface area contributed by atoms with Gasteiger partial charge in [0.2, 0.25) is 0 Å². The first kappa shape index (κ1) is 19.0.